The second kappa shape index (κ2) is 15.2. The van der Waals surface area contributed by atoms with Gasteiger partial charge in [-0.2, -0.15) is 10.6 Å². The molecule has 4 aliphatic heterocycles. The summed E-state index contributed by atoms with van der Waals surface area (Å²) in [4.78, 5) is 33.8. The Hall–Kier alpha value is -3.16. The topological polar surface area (TPSA) is 113 Å². The van der Waals surface area contributed by atoms with Crippen LogP contribution in [0.1, 0.15) is 60.5 Å². The van der Waals surface area contributed by atoms with Crippen LogP contribution < -0.4 is 15.0 Å². The molecule has 2 aromatic carbocycles. The largest absolute Gasteiger partial charge is 0.490 e. The number of fused-ring (bicyclic) bond motifs is 4. The van der Waals surface area contributed by atoms with Crippen LogP contribution in [-0.2, 0) is 36.1 Å². The van der Waals surface area contributed by atoms with Gasteiger partial charge in [0, 0.05) is 75.5 Å². The molecule has 1 unspecified atom stereocenters. The number of rotatable bonds is 4. The van der Waals surface area contributed by atoms with Gasteiger partial charge in [-0.3, -0.25) is 9.69 Å². The van der Waals surface area contributed by atoms with Crippen molar-refractivity contribution in [1.82, 2.24) is 15.1 Å². The Kier molecular flexibility index (Phi) is 10.5. The van der Waals surface area contributed by atoms with Gasteiger partial charge in [0.25, 0.3) is 5.91 Å². The molecule has 4 heterocycles. The van der Waals surface area contributed by atoms with E-state index in [0.29, 0.717) is 49.6 Å². The molecule has 0 aromatic heterocycles. The van der Waals surface area contributed by atoms with Crippen LogP contribution in [0.2, 0.25) is 5.02 Å². The zero-order chi connectivity index (χ0) is 36.9. The van der Waals surface area contributed by atoms with Crippen molar-refractivity contribution in [3.63, 3.8) is 0 Å². The summed E-state index contributed by atoms with van der Waals surface area (Å²) in [7, 11) is 1.46. The number of ether oxygens (including phenoxy) is 3. The van der Waals surface area contributed by atoms with Crippen molar-refractivity contribution >= 4 is 39.8 Å². The van der Waals surface area contributed by atoms with Crippen molar-refractivity contribution in [2.45, 2.75) is 74.5 Å². The van der Waals surface area contributed by atoms with Crippen LogP contribution in [-0.4, -0.2) is 105 Å². The number of methoxy groups -OCH3 is 2. The summed E-state index contributed by atoms with van der Waals surface area (Å²) in [5, 5.41) is 2.89. The first-order valence-electron chi connectivity index (χ1n) is 19.1. The van der Waals surface area contributed by atoms with Crippen molar-refractivity contribution in [3.8, 4) is 5.75 Å². The highest BCUT2D eigenvalue weighted by Gasteiger charge is 2.45. The summed E-state index contributed by atoms with van der Waals surface area (Å²) in [5.74, 6) is 0.600. The first kappa shape index (κ1) is 36.8. The van der Waals surface area contributed by atoms with E-state index in [1.807, 2.05) is 25.1 Å². The summed E-state index contributed by atoms with van der Waals surface area (Å²) in [6, 6.07) is 11.7. The molecule has 1 saturated carbocycles. The molecular formula is C40H51ClN5O6S-. The maximum absolute atomic E-state index is 14.0. The number of carbonyl (C=O) groups excluding carboxylic acids is 2. The number of hydrogen-bond acceptors (Lipinski definition) is 9. The SMILES string of the molecule is COC1CN(C2CN(C(=O)NC3[C@@H](C)C/C=C/[C@H](OC)[C@@H]4CC[C@H]4CN4C[C@@]5(CCCc6cc(Cl)ccc65)COc5ccc(cc54)C(=O)N=[S-]3=O)C2)C1. The van der Waals surface area contributed by atoms with Crippen LogP contribution >= 0.6 is 11.6 Å². The van der Waals surface area contributed by atoms with Gasteiger partial charge in [0.2, 0.25) is 0 Å². The highest BCUT2D eigenvalue weighted by molar-refractivity contribution is 7.75. The number of benzene rings is 2. The fourth-order valence-electron chi connectivity index (χ4n) is 9.30. The molecule has 3 fully saturated rings. The smallest absolute Gasteiger partial charge is 0.316 e. The second-order valence-electron chi connectivity index (χ2n) is 16.0. The van der Waals surface area contributed by atoms with Gasteiger partial charge >= 0.3 is 6.03 Å². The number of nitrogens with zero attached hydrogens (tertiary/aromatic N) is 4. The maximum atomic E-state index is 14.0. The van der Waals surface area contributed by atoms with Crippen LogP contribution in [0.4, 0.5) is 10.5 Å². The monoisotopic (exact) mass is 764 g/mol. The molecular weight excluding hydrogens is 714 g/mol. The molecule has 53 heavy (non-hydrogen) atoms. The highest BCUT2D eigenvalue weighted by Crippen LogP contribution is 2.47. The predicted octanol–water partition coefficient (Wildman–Crippen LogP) is 5.79. The van der Waals surface area contributed by atoms with E-state index in [2.05, 4.69) is 43.8 Å². The number of likely N-dealkylation sites (tertiary alicyclic amines) is 2. The van der Waals surface area contributed by atoms with Crippen LogP contribution in [0.15, 0.2) is 52.9 Å². The van der Waals surface area contributed by atoms with Gasteiger partial charge in [0.15, 0.2) is 0 Å². The molecule has 2 bridgehead atoms. The van der Waals surface area contributed by atoms with Crippen molar-refractivity contribution in [2.75, 3.05) is 65.0 Å². The number of aryl methyl sites for hydroxylation is 1. The average molecular weight is 765 g/mol. The van der Waals surface area contributed by atoms with E-state index < -0.39 is 21.9 Å². The molecule has 2 aliphatic carbocycles. The first-order chi connectivity index (χ1) is 25.6. The Labute approximate surface area is 319 Å². The molecule has 13 heteroatoms. The van der Waals surface area contributed by atoms with Crippen LogP contribution in [0.5, 0.6) is 5.75 Å². The van der Waals surface area contributed by atoms with E-state index in [1.165, 1.54) is 11.1 Å². The standard InChI is InChI=1S/C40H51ClN5O6S/c1-25-6-4-8-35(51-3)32-12-9-28(32)18-46-23-40(15-5-7-26-16-29(41)11-13-33(26)40)24-52-36-14-10-27(17-34(36)46)37(47)43-53(49)38(25)42-39(48)45-19-30(20-45)44-21-31(22-44)50-2/h4,8,10-11,13-14,16-17,25,28,30-32,35,38H,5-7,9,12,15,18-24H2,1-3H3,(H,42,48)/q-1/b8-4+/t25-,28-,32+,35-,38?,40-/m0/s1. The lowest BCUT2D eigenvalue weighted by molar-refractivity contribution is -0.0779. The van der Waals surface area contributed by atoms with E-state index in [-0.39, 0.29) is 29.6 Å². The Morgan fingerprint density at radius 3 is 2.66 bits per heavy atom. The number of hydrogen-bond donors (Lipinski definition) is 1. The third-order valence-corrected chi connectivity index (χ3v) is 14.4. The zero-order valence-electron chi connectivity index (χ0n) is 30.9. The lowest BCUT2D eigenvalue weighted by atomic mass is 9.68. The van der Waals surface area contributed by atoms with Crippen molar-refractivity contribution in [2.24, 2.45) is 22.1 Å². The number of amides is 3. The number of carbonyl (C=O) groups is 2. The highest BCUT2D eigenvalue weighted by atomic mass is 35.5. The molecule has 6 aliphatic rings. The quantitative estimate of drug-likeness (QED) is 0.308. The first-order valence-corrected chi connectivity index (χ1v) is 20.7. The molecule has 0 radical (unpaired) electrons. The van der Waals surface area contributed by atoms with E-state index in [1.54, 1.807) is 25.2 Å². The predicted molar refractivity (Wildman–Crippen MR) is 205 cm³/mol. The van der Waals surface area contributed by atoms with Gasteiger partial charge in [0.05, 0.1) is 24.5 Å². The van der Waals surface area contributed by atoms with Crippen LogP contribution in [0.3, 0.4) is 0 Å². The average Bonchev–Trinajstić information content (AvgIpc) is 3.24. The van der Waals surface area contributed by atoms with Crippen molar-refractivity contribution < 1.29 is 28.0 Å². The Balaban J connectivity index is 1.09. The van der Waals surface area contributed by atoms with E-state index in [4.69, 9.17) is 25.8 Å². The lowest BCUT2D eigenvalue weighted by Crippen LogP contribution is -2.69. The molecule has 1 spiro atoms. The van der Waals surface area contributed by atoms with Crippen LogP contribution in [0.25, 0.3) is 0 Å². The minimum absolute atomic E-state index is 0.0727. The molecule has 286 valence electrons. The molecule has 2 aromatic rings. The third kappa shape index (κ3) is 7.22. The minimum atomic E-state index is -2.03. The Morgan fingerprint density at radius 1 is 1.08 bits per heavy atom. The summed E-state index contributed by atoms with van der Waals surface area (Å²) in [6.07, 6.45) is 10.1. The number of halogens is 1. The van der Waals surface area contributed by atoms with E-state index in [9.17, 15) is 13.8 Å². The van der Waals surface area contributed by atoms with Gasteiger partial charge in [-0.05, 0) is 103 Å². The van der Waals surface area contributed by atoms with E-state index >= 15 is 0 Å². The van der Waals surface area contributed by atoms with Gasteiger partial charge in [0.1, 0.15) is 5.75 Å². The molecule has 11 nitrogen and oxygen atoms in total. The molecule has 3 amide bonds. The van der Waals surface area contributed by atoms with Crippen LogP contribution in [0, 0.1) is 17.8 Å². The molecule has 6 atom stereocenters. The number of urea groups is 1. The number of nitrogens with one attached hydrogen (secondary N) is 1. The summed E-state index contributed by atoms with van der Waals surface area (Å²) in [6.45, 7) is 6.93. The van der Waals surface area contributed by atoms with Crippen molar-refractivity contribution in [3.05, 3.63) is 70.3 Å². The van der Waals surface area contributed by atoms with E-state index in [0.717, 1.165) is 74.7 Å². The van der Waals surface area contributed by atoms with Gasteiger partial charge < -0.3 is 37.9 Å². The van der Waals surface area contributed by atoms with Gasteiger partial charge in [-0.25, -0.2) is 4.79 Å². The minimum Gasteiger partial charge on any atom is -0.490 e. The van der Waals surface area contributed by atoms with Crippen molar-refractivity contribution in [1.29, 1.82) is 0 Å². The summed E-state index contributed by atoms with van der Waals surface area (Å²) >= 11 is 6.46. The fourth-order valence-corrected chi connectivity index (χ4v) is 10.6. The Morgan fingerprint density at radius 2 is 1.91 bits per heavy atom. The fraction of sp³-hybridized carbons (Fsp3) is 0.600. The summed E-state index contributed by atoms with van der Waals surface area (Å²) in [5.41, 5.74) is 3.51. The Bertz CT molecular complexity index is 1840. The number of anilines is 1. The second-order valence-corrected chi connectivity index (χ2v) is 17.7. The maximum Gasteiger partial charge on any atom is 0.316 e. The molecule has 1 N–H and O–H groups in total. The normalized spacial score (nSPS) is 31.8. The zero-order valence-corrected chi connectivity index (χ0v) is 32.4. The lowest BCUT2D eigenvalue weighted by Gasteiger charge is -2.51. The summed E-state index contributed by atoms with van der Waals surface area (Å²) < 4.78 is 36.4. The molecule has 2 saturated heterocycles. The number of allylic oxidation sites excluding steroid dienone is 1. The third-order valence-electron chi connectivity index (χ3n) is 12.8. The molecule has 8 rings (SSSR count). The van der Waals surface area contributed by atoms with Gasteiger partial charge in [-0.15, -0.1) is 0 Å². The van der Waals surface area contributed by atoms with Gasteiger partial charge in [-0.1, -0.05) is 36.7 Å².